The van der Waals surface area contributed by atoms with E-state index in [1.165, 1.54) is 5.82 Å². The van der Waals surface area contributed by atoms with Crippen LogP contribution in [0.2, 0.25) is 0 Å². The van der Waals surface area contributed by atoms with Gasteiger partial charge in [-0.15, -0.1) is 0 Å². The maximum atomic E-state index is 3.17. The second-order valence-corrected chi connectivity index (χ2v) is 4.39. The van der Waals surface area contributed by atoms with Gasteiger partial charge in [0.05, 0.1) is 12.7 Å². The van der Waals surface area contributed by atoms with Crippen molar-refractivity contribution >= 4 is 0 Å². The Morgan fingerprint density at radius 3 is 2.53 bits per heavy atom. The molecule has 0 bridgehead atoms. The molecule has 2 N–H and O–H groups in total. The Labute approximate surface area is 105 Å². The Bertz CT molecular complexity index is 254. The lowest BCUT2D eigenvalue weighted by Gasteiger charge is -2.38. The Morgan fingerprint density at radius 2 is 1.94 bits per heavy atom. The first-order valence-electron chi connectivity index (χ1n) is 6.05. The minimum absolute atomic E-state index is 0.984. The molecule has 0 atom stereocenters. The molecule has 0 saturated heterocycles. The quantitative estimate of drug-likeness (QED) is 0.592. The molecule has 0 spiro atoms. The fourth-order valence-electron chi connectivity index (χ4n) is 1.77. The van der Waals surface area contributed by atoms with Crippen molar-refractivity contribution in [2.24, 2.45) is 0 Å². The molecule has 1 aliphatic rings. The third-order valence-corrected chi connectivity index (χ3v) is 3.17. The molecular formula is C11H26N6. The molecule has 0 aromatic rings. The number of rotatable bonds is 6. The molecule has 0 aromatic heterocycles. The third kappa shape index (κ3) is 4.07. The van der Waals surface area contributed by atoms with Gasteiger partial charge in [-0.1, -0.05) is 0 Å². The summed E-state index contributed by atoms with van der Waals surface area (Å²) in [5.41, 5.74) is 6.27. The molecule has 0 radical (unpaired) electrons. The molecule has 0 amide bonds. The van der Waals surface area contributed by atoms with Crippen LogP contribution in [0.3, 0.4) is 0 Å². The second kappa shape index (κ2) is 6.68. The summed E-state index contributed by atoms with van der Waals surface area (Å²) in [7, 11) is 10.2. The standard InChI is InChI=1S/C11H26N6/c1-12-16(5)8-6-14(3)11-10-17(13-2)9-7-15(11)4/h10,12-13H,6-9H2,1-5H3. The summed E-state index contributed by atoms with van der Waals surface area (Å²) < 4.78 is 0. The van der Waals surface area contributed by atoms with Gasteiger partial charge in [0.2, 0.25) is 0 Å². The zero-order valence-electron chi connectivity index (χ0n) is 11.7. The predicted molar refractivity (Wildman–Crippen MR) is 70.8 cm³/mol. The molecule has 0 aliphatic carbocycles. The highest BCUT2D eigenvalue weighted by Gasteiger charge is 2.17. The van der Waals surface area contributed by atoms with E-state index >= 15 is 0 Å². The van der Waals surface area contributed by atoms with Crippen LogP contribution in [0.5, 0.6) is 0 Å². The molecule has 17 heavy (non-hydrogen) atoms. The van der Waals surface area contributed by atoms with Crippen molar-refractivity contribution in [3.63, 3.8) is 0 Å². The predicted octanol–water partition coefficient (Wildman–Crippen LogP) is -0.835. The van der Waals surface area contributed by atoms with Crippen LogP contribution in [0, 0.1) is 0 Å². The van der Waals surface area contributed by atoms with Crippen molar-refractivity contribution in [3.8, 4) is 0 Å². The van der Waals surface area contributed by atoms with Gasteiger partial charge >= 0.3 is 0 Å². The average Bonchev–Trinajstić information content (AvgIpc) is 2.36. The highest BCUT2D eigenvalue weighted by molar-refractivity contribution is 5.01. The molecule has 1 heterocycles. The maximum absolute atomic E-state index is 3.17. The smallest absolute Gasteiger partial charge is 0.121 e. The topological polar surface area (TPSA) is 37.0 Å². The maximum Gasteiger partial charge on any atom is 0.121 e. The summed E-state index contributed by atoms with van der Waals surface area (Å²) in [6.45, 7) is 4.03. The summed E-state index contributed by atoms with van der Waals surface area (Å²) >= 11 is 0. The zero-order chi connectivity index (χ0) is 12.8. The molecule has 6 heteroatoms. The van der Waals surface area contributed by atoms with Gasteiger partial charge in [0.1, 0.15) is 5.82 Å². The molecule has 6 nitrogen and oxygen atoms in total. The van der Waals surface area contributed by atoms with E-state index in [1.54, 1.807) is 0 Å². The van der Waals surface area contributed by atoms with Gasteiger partial charge in [-0.3, -0.25) is 5.43 Å². The molecule has 0 saturated carbocycles. The van der Waals surface area contributed by atoms with Gasteiger partial charge in [0.15, 0.2) is 0 Å². The van der Waals surface area contributed by atoms with Crippen LogP contribution < -0.4 is 10.9 Å². The highest BCUT2D eigenvalue weighted by atomic mass is 15.5. The van der Waals surface area contributed by atoms with E-state index in [2.05, 4.69) is 51.0 Å². The Kier molecular flexibility index (Phi) is 5.54. The molecule has 0 unspecified atom stereocenters. The van der Waals surface area contributed by atoms with Crippen LogP contribution >= 0.6 is 0 Å². The van der Waals surface area contributed by atoms with Crippen molar-refractivity contribution in [2.75, 3.05) is 61.4 Å². The highest BCUT2D eigenvalue weighted by Crippen LogP contribution is 2.11. The first-order valence-corrected chi connectivity index (χ1v) is 6.05. The number of hydrogen-bond donors (Lipinski definition) is 2. The van der Waals surface area contributed by atoms with E-state index < -0.39 is 0 Å². The van der Waals surface area contributed by atoms with Gasteiger partial charge in [0.25, 0.3) is 0 Å². The molecule has 100 valence electrons. The van der Waals surface area contributed by atoms with Crippen molar-refractivity contribution in [3.05, 3.63) is 12.0 Å². The largest absolute Gasteiger partial charge is 0.359 e. The van der Waals surface area contributed by atoms with Gasteiger partial charge in [-0.05, 0) is 7.05 Å². The molecule has 1 rings (SSSR count). The lowest BCUT2D eigenvalue weighted by Crippen LogP contribution is -2.46. The number of likely N-dealkylation sites (N-methyl/N-ethyl adjacent to an activating group) is 3. The van der Waals surface area contributed by atoms with Crippen LogP contribution in [-0.4, -0.2) is 81.2 Å². The lowest BCUT2D eigenvalue weighted by atomic mass is 10.4. The van der Waals surface area contributed by atoms with Crippen LogP contribution in [0.25, 0.3) is 0 Å². The summed E-state index contributed by atoms with van der Waals surface area (Å²) in [5, 5.41) is 4.20. The number of hydrazine groups is 2. The summed E-state index contributed by atoms with van der Waals surface area (Å²) in [6, 6.07) is 0. The van der Waals surface area contributed by atoms with E-state index in [9.17, 15) is 0 Å². The van der Waals surface area contributed by atoms with E-state index in [-0.39, 0.29) is 0 Å². The fourth-order valence-corrected chi connectivity index (χ4v) is 1.77. The van der Waals surface area contributed by atoms with Crippen molar-refractivity contribution in [1.29, 1.82) is 0 Å². The van der Waals surface area contributed by atoms with E-state index in [4.69, 9.17) is 0 Å². The van der Waals surface area contributed by atoms with Crippen molar-refractivity contribution < 1.29 is 0 Å². The number of hydrogen-bond acceptors (Lipinski definition) is 6. The van der Waals surface area contributed by atoms with Gasteiger partial charge in [-0.2, -0.15) is 0 Å². The average molecular weight is 242 g/mol. The van der Waals surface area contributed by atoms with E-state index in [0.29, 0.717) is 0 Å². The van der Waals surface area contributed by atoms with Gasteiger partial charge in [0, 0.05) is 47.8 Å². The van der Waals surface area contributed by atoms with Gasteiger partial charge in [-0.25, -0.2) is 10.4 Å². The fraction of sp³-hybridized carbons (Fsp3) is 0.818. The monoisotopic (exact) mass is 242 g/mol. The first-order chi connectivity index (χ1) is 8.08. The minimum Gasteiger partial charge on any atom is -0.359 e. The Hall–Kier alpha value is -0.980. The molecule has 0 aromatic carbocycles. The molecule has 1 aliphatic heterocycles. The summed E-state index contributed by atoms with van der Waals surface area (Å²) in [6.07, 6.45) is 2.16. The minimum atomic E-state index is 0.984. The van der Waals surface area contributed by atoms with Crippen LogP contribution in [0.4, 0.5) is 0 Å². The first kappa shape index (κ1) is 14.1. The third-order valence-electron chi connectivity index (χ3n) is 3.17. The lowest BCUT2D eigenvalue weighted by molar-refractivity contribution is 0.159. The Balaban J connectivity index is 2.53. The van der Waals surface area contributed by atoms with Gasteiger partial charge < -0.3 is 14.8 Å². The van der Waals surface area contributed by atoms with Crippen LogP contribution in [-0.2, 0) is 0 Å². The Morgan fingerprint density at radius 1 is 1.24 bits per heavy atom. The second-order valence-electron chi connectivity index (χ2n) is 4.39. The SMILES string of the molecule is CNN(C)CCN(C)C1=CN(NC)CCN1C. The number of nitrogens with zero attached hydrogens (tertiary/aromatic N) is 4. The van der Waals surface area contributed by atoms with Crippen LogP contribution in [0.1, 0.15) is 0 Å². The molecule has 0 fully saturated rings. The van der Waals surface area contributed by atoms with Crippen molar-refractivity contribution in [2.45, 2.75) is 0 Å². The summed E-state index contributed by atoms with van der Waals surface area (Å²) in [5.74, 6) is 1.25. The molecular weight excluding hydrogens is 216 g/mol. The normalized spacial score (nSPS) is 16.5. The number of nitrogens with one attached hydrogen (secondary N) is 2. The zero-order valence-corrected chi connectivity index (χ0v) is 11.7. The van der Waals surface area contributed by atoms with Crippen molar-refractivity contribution in [1.82, 2.24) is 30.7 Å². The summed E-state index contributed by atoms with van der Waals surface area (Å²) in [4.78, 5) is 4.56. The van der Waals surface area contributed by atoms with E-state index in [1.807, 2.05) is 21.1 Å². The van der Waals surface area contributed by atoms with Crippen LogP contribution in [0.15, 0.2) is 12.0 Å². The van der Waals surface area contributed by atoms with E-state index in [0.717, 1.165) is 26.2 Å².